The predicted octanol–water partition coefficient (Wildman–Crippen LogP) is 5.20. The third-order valence-corrected chi connectivity index (χ3v) is 5.61. The van der Waals surface area contributed by atoms with E-state index in [1.54, 1.807) is 6.08 Å². The summed E-state index contributed by atoms with van der Waals surface area (Å²) in [4.78, 5) is 8.04. The van der Waals surface area contributed by atoms with Gasteiger partial charge in [-0.3, -0.25) is 0 Å². The van der Waals surface area contributed by atoms with Gasteiger partial charge in [0.05, 0.1) is 23.7 Å². The molecule has 1 fully saturated rings. The van der Waals surface area contributed by atoms with E-state index in [-0.39, 0.29) is 36.0 Å². The molecule has 1 unspecified atom stereocenters. The first-order chi connectivity index (χ1) is 15.4. The molecule has 5 nitrogen and oxygen atoms in total. The number of imidazole rings is 1. The van der Waals surface area contributed by atoms with Crippen molar-refractivity contribution in [1.82, 2.24) is 9.55 Å². The fourth-order valence-electron chi connectivity index (χ4n) is 3.75. The monoisotopic (exact) mass is 437 g/mol. The van der Waals surface area contributed by atoms with Crippen LogP contribution in [0.15, 0.2) is 59.4 Å². The first-order valence-corrected chi connectivity index (χ1v) is 10.5. The van der Waals surface area contributed by atoms with E-state index >= 15 is 0 Å². The second-order valence-electron chi connectivity index (χ2n) is 7.94. The maximum absolute atomic E-state index is 14.9. The van der Waals surface area contributed by atoms with E-state index in [9.17, 15) is 13.9 Å². The van der Waals surface area contributed by atoms with Crippen molar-refractivity contribution in [2.24, 2.45) is 4.99 Å². The molecule has 1 aliphatic heterocycles. The van der Waals surface area contributed by atoms with Gasteiger partial charge in [0.1, 0.15) is 17.5 Å². The second kappa shape index (κ2) is 9.44. The molecule has 1 atom stereocenters. The van der Waals surface area contributed by atoms with E-state index < -0.39 is 11.6 Å². The molecule has 1 aromatic heterocycles. The molecule has 0 amide bonds. The number of rotatable bonds is 8. The van der Waals surface area contributed by atoms with Crippen molar-refractivity contribution in [3.8, 4) is 0 Å². The van der Waals surface area contributed by atoms with Crippen molar-refractivity contribution >= 4 is 17.8 Å². The van der Waals surface area contributed by atoms with Gasteiger partial charge in [0, 0.05) is 13.0 Å². The highest BCUT2D eigenvalue weighted by Crippen LogP contribution is 2.25. The van der Waals surface area contributed by atoms with Crippen molar-refractivity contribution in [2.75, 3.05) is 6.61 Å². The van der Waals surface area contributed by atoms with Crippen LogP contribution < -0.4 is 0 Å². The highest BCUT2D eigenvalue weighted by molar-refractivity contribution is 5.77. The number of aromatic nitrogens is 2. The molecule has 3 aromatic rings. The lowest BCUT2D eigenvalue weighted by Crippen LogP contribution is -2.31. The first-order valence-electron chi connectivity index (χ1n) is 10.5. The van der Waals surface area contributed by atoms with Crippen LogP contribution in [0.2, 0.25) is 0 Å². The Morgan fingerprint density at radius 2 is 2.03 bits per heavy atom. The maximum atomic E-state index is 14.9. The average Bonchev–Trinajstić information content (AvgIpc) is 3.07. The summed E-state index contributed by atoms with van der Waals surface area (Å²) in [6.45, 7) is 6.60. The molecule has 0 saturated carbocycles. The zero-order valence-electron chi connectivity index (χ0n) is 17.9. The number of nitrogens with zero attached hydrogens (tertiary/aromatic N) is 3. The Morgan fingerprint density at radius 1 is 1.28 bits per heavy atom. The van der Waals surface area contributed by atoms with Crippen LogP contribution in [-0.4, -0.2) is 34.1 Å². The molecule has 1 aliphatic rings. The molecule has 32 heavy (non-hydrogen) atoms. The van der Waals surface area contributed by atoms with Crippen LogP contribution in [0.3, 0.4) is 0 Å². The number of aliphatic hydroxyl groups excluding tert-OH is 1. The van der Waals surface area contributed by atoms with Crippen LogP contribution in [0.1, 0.15) is 28.9 Å². The van der Waals surface area contributed by atoms with Crippen molar-refractivity contribution < 1.29 is 18.6 Å². The summed E-state index contributed by atoms with van der Waals surface area (Å²) in [6, 6.07) is 8.46. The Bertz CT molecular complexity index is 1210. The fraction of sp³-hybridized carbons (Fsp3) is 0.280. The van der Waals surface area contributed by atoms with Crippen molar-refractivity contribution in [3.05, 3.63) is 88.6 Å². The Hall–Kier alpha value is -3.32. The number of benzene rings is 2. The number of ether oxygens (including phenoxy) is 1. The summed E-state index contributed by atoms with van der Waals surface area (Å²) >= 11 is 0. The van der Waals surface area contributed by atoms with E-state index in [0.717, 1.165) is 29.6 Å². The van der Waals surface area contributed by atoms with Gasteiger partial charge < -0.3 is 14.4 Å². The van der Waals surface area contributed by atoms with Gasteiger partial charge in [-0.05, 0) is 73.5 Å². The molecular weight excluding hydrogens is 412 g/mol. The van der Waals surface area contributed by atoms with Gasteiger partial charge >= 0.3 is 0 Å². The van der Waals surface area contributed by atoms with Crippen LogP contribution in [0.25, 0.3) is 11.0 Å². The summed E-state index contributed by atoms with van der Waals surface area (Å²) in [6.07, 6.45) is 5.91. The highest BCUT2D eigenvalue weighted by Gasteiger charge is 2.22. The summed E-state index contributed by atoms with van der Waals surface area (Å²) in [5, 5.41) is 9.23. The third-order valence-electron chi connectivity index (χ3n) is 5.61. The Balaban J connectivity index is 1.60. The highest BCUT2D eigenvalue weighted by atomic mass is 19.1. The Labute approximate surface area is 185 Å². The smallest absolute Gasteiger partial charge is 0.210 e. The van der Waals surface area contributed by atoms with Crippen molar-refractivity contribution in [2.45, 2.75) is 38.8 Å². The summed E-state index contributed by atoms with van der Waals surface area (Å²) in [5.41, 5.74) is 3.41. The summed E-state index contributed by atoms with van der Waals surface area (Å²) in [5.74, 6) is -0.518. The quantitative estimate of drug-likeness (QED) is 0.299. The number of hydrogen-bond acceptors (Lipinski definition) is 4. The lowest BCUT2D eigenvalue weighted by Gasteiger charge is -2.27. The lowest BCUT2D eigenvalue weighted by atomic mass is 10.0. The minimum absolute atomic E-state index is 0.118. The van der Waals surface area contributed by atoms with E-state index in [1.807, 2.05) is 19.1 Å². The lowest BCUT2D eigenvalue weighted by molar-refractivity contribution is -0.0589. The van der Waals surface area contributed by atoms with Crippen molar-refractivity contribution in [1.29, 1.82) is 0 Å². The Kier molecular flexibility index (Phi) is 6.46. The number of hydrogen-bond donors (Lipinski definition) is 1. The zero-order chi connectivity index (χ0) is 22.7. The molecule has 0 spiro atoms. The Morgan fingerprint density at radius 3 is 2.75 bits per heavy atom. The van der Waals surface area contributed by atoms with Gasteiger partial charge in [0.15, 0.2) is 0 Å². The maximum Gasteiger partial charge on any atom is 0.210 e. The van der Waals surface area contributed by atoms with Crippen LogP contribution in [0.4, 0.5) is 8.78 Å². The van der Waals surface area contributed by atoms with Gasteiger partial charge in [0.2, 0.25) is 5.88 Å². The molecule has 4 rings (SSSR count). The summed E-state index contributed by atoms with van der Waals surface area (Å²) < 4.78 is 37.2. The summed E-state index contributed by atoms with van der Waals surface area (Å²) in [7, 11) is 0. The van der Waals surface area contributed by atoms with Gasteiger partial charge in [-0.1, -0.05) is 18.2 Å². The van der Waals surface area contributed by atoms with Gasteiger partial charge in [-0.25, -0.2) is 18.8 Å². The van der Waals surface area contributed by atoms with Crippen LogP contribution in [0.5, 0.6) is 0 Å². The van der Waals surface area contributed by atoms with Gasteiger partial charge in [-0.15, -0.1) is 0 Å². The fourth-order valence-corrected chi connectivity index (χ4v) is 3.75. The normalized spacial score (nSPS) is 16.6. The minimum Gasteiger partial charge on any atom is -0.493 e. The third kappa shape index (κ3) is 4.78. The topological polar surface area (TPSA) is 59.6 Å². The van der Waals surface area contributed by atoms with Crippen LogP contribution >= 0.6 is 0 Å². The largest absolute Gasteiger partial charge is 0.493 e. The van der Waals surface area contributed by atoms with Gasteiger partial charge in [0.25, 0.3) is 0 Å². The molecule has 7 heteroatoms. The molecule has 0 bridgehead atoms. The standard InChI is InChI=1S/C25H25F2N3O2/c1-16-7-8-22-23(11-16)30(15-19-9-10-32-19)24(29-22)14-18-13-20(26)17(12-21(18)27)5-3-4-6-25(31)28-2/h3-4,6-8,11-13,19,31H,2,5,9-10,14-15H2,1H3/b4-3-,25-6+. The SMILES string of the molecule is C=N/C(O)=C\C=C/Cc1cc(F)c(Cc2nc3ccc(C)cc3n2CC2CCO2)cc1F. The van der Waals surface area contributed by atoms with Crippen molar-refractivity contribution in [3.63, 3.8) is 0 Å². The number of aliphatic imine (C=N–C) groups is 1. The first kappa shape index (κ1) is 21.9. The zero-order valence-corrected chi connectivity index (χ0v) is 17.9. The molecule has 166 valence electrons. The molecule has 2 aromatic carbocycles. The number of halogens is 2. The predicted molar refractivity (Wildman–Crippen MR) is 121 cm³/mol. The molecular formula is C25H25F2N3O2. The van der Waals surface area contributed by atoms with E-state index in [4.69, 9.17) is 9.72 Å². The van der Waals surface area contributed by atoms with E-state index in [1.165, 1.54) is 24.3 Å². The number of aryl methyl sites for hydroxylation is 1. The van der Waals surface area contributed by atoms with Crippen LogP contribution in [-0.2, 0) is 24.1 Å². The minimum atomic E-state index is -0.484. The molecule has 2 heterocycles. The van der Waals surface area contributed by atoms with E-state index in [2.05, 4.69) is 22.3 Å². The van der Waals surface area contributed by atoms with Gasteiger partial charge in [-0.2, -0.15) is 0 Å². The second-order valence-corrected chi connectivity index (χ2v) is 7.94. The number of allylic oxidation sites excluding steroid dienone is 3. The van der Waals surface area contributed by atoms with E-state index in [0.29, 0.717) is 12.4 Å². The number of fused-ring (bicyclic) bond motifs is 1. The number of aliphatic hydroxyl groups is 1. The van der Waals surface area contributed by atoms with Crippen LogP contribution in [0, 0.1) is 18.6 Å². The molecule has 1 saturated heterocycles. The molecule has 1 N–H and O–H groups in total. The average molecular weight is 437 g/mol. The molecule has 0 aliphatic carbocycles. The molecule has 0 radical (unpaired) electrons.